The molecule has 0 bridgehead atoms. The highest BCUT2D eigenvalue weighted by molar-refractivity contribution is 5.74. The van der Waals surface area contributed by atoms with Gasteiger partial charge in [0, 0.05) is 25.7 Å². The van der Waals surface area contributed by atoms with Crippen LogP contribution < -0.4 is 5.32 Å². The van der Waals surface area contributed by atoms with Gasteiger partial charge in [-0.1, -0.05) is 26.3 Å². The molecule has 5 heteroatoms. The van der Waals surface area contributed by atoms with Crippen LogP contribution in [0.15, 0.2) is 24.4 Å². The minimum Gasteiger partial charge on any atom is -0.393 e. The number of nitrogens with one attached hydrogen (secondary N) is 1. The van der Waals surface area contributed by atoms with Crippen LogP contribution in [0.2, 0.25) is 0 Å². The Labute approximate surface area is 139 Å². The van der Waals surface area contributed by atoms with Gasteiger partial charge < -0.3 is 15.3 Å². The predicted molar refractivity (Wildman–Crippen MR) is 90.9 cm³/mol. The van der Waals surface area contributed by atoms with E-state index in [-0.39, 0.29) is 24.1 Å². The number of amides is 2. The molecule has 0 unspecified atom stereocenters. The number of aliphatic hydroxyl groups excluding tert-OH is 1. The van der Waals surface area contributed by atoms with E-state index in [1.807, 2.05) is 18.2 Å². The Bertz CT molecular complexity index is 492. The predicted octanol–water partition coefficient (Wildman–Crippen LogP) is 2.97. The van der Waals surface area contributed by atoms with E-state index in [1.54, 1.807) is 18.1 Å². The fourth-order valence-corrected chi connectivity index (χ4v) is 3.23. The van der Waals surface area contributed by atoms with Gasteiger partial charge in [0.05, 0.1) is 17.8 Å². The van der Waals surface area contributed by atoms with Crippen LogP contribution in [0, 0.1) is 11.8 Å². The van der Waals surface area contributed by atoms with Gasteiger partial charge in [-0.05, 0) is 37.3 Å². The van der Waals surface area contributed by atoms with E-state index in [0.717, 1.165) is 31.4 Å². The highest BCUT2D eigenvalue weighted by Crippen LogP contribution is 2.26. The maximum atomic E-state index is 12.5. The third-order valence-corrected chi connectivity index (χ3v) is 4.52. The van der Waals surface area contributed by atoms with Crippen LogP contribution in [0.5, 0.6) is 0 Å². The smallest absolute Gasteiger partial charge is 0.317 e. The van der Waals surface area contributed by atoms with Crippen molar-refractivity contribution in [2.75, 3.05) is 13.6 Å². The van der Waals surface area contributed by atoms with Crippen molar-refractivity contribution >= 4 is 6.03 Å². The van der Waals surface area contributed by atoms with Gasteiger partial charge in [0.1, 0.15) is 0 Å². The molecule has 0 aliphatic heterocycles. The summed E-state index contributed by atoms with van der Waals surface area (Å²) in [7, 11) is 1.80. The monoisotopic (exact) mass is 319 g/mol. The third kappa shape index (κ3) is 5.20. The van der Waals surface area contributed by atoms with E-state index in [9.17, 15) is 9.90 Å². The SMILES string of the molecule is CC(C)C[C@H](NC(=O)N(C)C[C@@H]1CCC[C@H]1O)c1ccccn1. The molecule has 1 saturated carbocycles. The Morgan fingerprint density at radius 3 is 2.78 bits per heavy atom. The number of urea groups is 1. The van der Waals surface area contributed by atoms with Crippen molar-refractivity contribution in [3.8, 4) is 0 Å². The van der Waals surface area contributed by atoms with Crippen LogP contribution in [0.4, 0.5) is 4.79 Å². The lowest BCUT2D eigenvalue weighted by Gasteiger charge is -2.27. The second-order valence-electron chi connectivity index (χ2n) is 7.03. The van der Waals surface area contributed by atoms with Crippen LogP contribution >= 0.6 is 0 Å². The lowest BCUT2D eigenvalue weighted by atomic mass is 10.0. The molecule has 128 valence electrons. The highest BCUT2D eigenvalue weighted by atomic mass is 16.3. The molecule has 1 heterocycles. The van der Waals surface area contributed by atoms with E-state index in [2.05, 4.69) is 24.1 Å². The van der Waals surface area contributed by atoms with Gasteiger partial charge in [0.15, 0.2) is 0 Å². The van der Waals surface area contributed by atoms with Gasteiger partial charge in [-0.3, -0.25) is 4.98 Å². The van der Waals surface area contributed by atoms with E-state index in [1.165, 1.54) is 0 Å². The largest absolute Gasteiger partial charge is 0.393 e. The molecule has 3 atom stereocenters. The number of nitrogens with zero attached hydrogens (tertiary/aromatic N) is 2. The first kappa shape index (κ1) is 17.7. The van der Waals surface area contributed by atoms with E-state index in [4.69, 9.17) is 0 Å². The van der Waals surface area contributed by atoms with E-state index < -0.39 is 0 Å². The fourth-order valence-electron chi connectivity index (χ4n) is 3.23. The zero-order valence-electron chi connectivity index (χ0n) is 14.4. The van der Waals surface area contributed by atoms with Gasteiger partial charge in [-0.2, -0.15) is 0 Å². The summed E-state index contributed by atoms with van der Waals surface area (Å²) in [5.74, 6) is 0.661. The Morgan fingerprint density at radius 2 is 2.22 bits per heavy atom. The zero-order valence-corrected chi connectivity index (χ0v) is 14.4. The summed E-state index contributed by atoms with van der Waals surface area (Å²) in [5.41, 5.74) is 0.892. The first-order chi connectivity index (χ1) is 11.0. The molecule has 1 aliphatic rings. The maximum Gasteiger partial charge on any atom is 0.317 e. The molecule has 23 heavy (non-hydrogen) atoms. The number of hydrogen-bond acceptors (Lipinski definition) is 3. The molecule has 5 nitrogen and oxygen atoms in total. The average molecular weight is 319 g/mol. The van der Waals surface area contributed by atoms with Crippen molar-refractivity contribution in [1.82, 2.24) is 15.2 Å². The third-order valence-electron chi connectivity index (χ3n) is 4.52. The van der Waals surface area contributed by atoms with Gasteiger partial charge in [0.25, 0.3) is 0 Å². The molecule has 1 aliphatic carbocycles. The minimum atomic E-state index is -0.271. The highest BCUT2D eigenvalue weighted by Gasteiger charge is 2.28. The first-order valence-electron chi connectivity index (χ1n) is 8.58. The van der Waals surface area contributed by atoms with Crippen LogP contribution in [0.3, 0.4) is 0 Å². The van der Waals surface area contributed by atoms with Crippen molar-refractivity contribution in [2.24, 2.45) is 11.8 Å². The number of hydrogen-bond donors (Lipinski definition) is 2. The van der Waals surface area contributed by atoms with Crippen molar-refractivity contribution in [2.45, 2.75) is 51.7 Å². The second-order valence-corrected chi connectivity index (χ2v) is 7.03. The normalized spacial score (nSPS) is 22.1. The quantitative estimate of drug-likeness (QED) is 0.847. The summed E-state index contributed by atoms with van der Waals surface area (Å²) in [4.78, 5) is 18.6. The minimum absolute atomic E-state index is 0.0837. The molecule has 2 amide bonds. The Balaban J connectivity index is 1.96. The maximum absolute atomic E-state index is 12.5. The number of carbonyl (C=O) groups is 1. The number of carbonyl (C=O) groups excluding carboxylic acids is 1. The Morgan fingerprint density at radius 1 is 1.43 bits per heavy atom. The summed E-state index contributed by atoms with van der Waals surface area (Å²) in [5, 5.41) is 13.0. The summed E-state index contributed by atoms with van der Waals surface area (Å²) in [6, 6.07) is 5.60. The molecule has 0 saturated heterocycles. The van der Waals surface area contributed by atoms with Gasteiger partial charge in [-0.25, -0.2) is 4.79 Å². The molecule has 2 rings (SSSR count). The first-order valence-corrected chi connectivity index (χ1v) is 8.58. The van der Waals surface area contributed by atoms with Crippen LogP contribution in [0.25, 0.3) is 0 Å². The van der Waals surface area contributed by atoms with E-state index >= 15 is 0 Å². The molecule has 0 radical (unpaired) electrons. The van der Waals surface area contributed by atoms with Gasteiger partial charge in [0.2, 0.25) is 0 Å². The van der Waals surface area contributed by atoms with Crippen LogP contribution in [0.1, 0.15) is 51.3 Å². The van der Waals surface area contributed by atoms with Gasteiger partial charge in [-0.15, -0.1) is 0 Å². The molecule has 1 fully saturated rings. The molecule has 1 aromatic rings. The number of pyridine rings is 1. The molecule has 2 N–H and O–H groups in total. The molecule has 1 aromatic heterocycles. The lowest BCUT2D eigenvalue weighted by Crippen LogP contribution is -2.43. The van der Waals surface area contributed by atoms with Crippen LogP contribution in [-0.4, -0.2) is 40.7 Å². The lowest BCUT2D eigenvalue weighted by molar-refractivity contribution is 0.113. The average Bonchev–Trinajstić information content (AvgIpc) is 2.92. The van der Waals surface area contributed by atoms with Crippen molar-refractivity contribution < 1.29 is 9.90 Å². The van der Waals surface area contributed by atoms with Crippen molar-refractivity contribution in [3.63, 3.8) is 0 Å². The number of rotatable bonds is 6. The fraction of sp³-hybridized carbons (Fsp3) is 0.667. The second kappa shape index (κ2) is 8.29. The molecule has 0 spiro atoms. The number of aromatic nitrogens is 1. The summed E-state index contributed by atoms with van der Waals surface area (Å²) >= 11 is 0. The summed E-state index contributed by atoms with van der Waals surface area (Å²) in [6.07, 6.45) is 5.23. The standard InChI is InChI=1S/C18H29N3O2/c1-13(2)11-16(15-8-4-5-10-19-15)20-18(23)21(3)12-14-7-6-9-17(14)22/h4-5,8,10,13-14,16-17,22H,6-7,9,11-12H2,1-3H3,(H,20,23)/t14-,16-,17+/m0/s1. The van der Waals surface area contributed by atoms with Crippen molar-refractivity contribution in [1.29, 1.82) is 0 Å². The summed E-state index contributed by atoms with van der Waals surface area (Å²) < 4.78 is 0. The molecular weight excluding hydrogens is 290 g/mol. The van der Waals surface area contributed by atoms with Crippen molar-refractivity contribution in [3.05, 3.63) is 30.1 Å². The summed E-state index contributed by atoms with van der Waals surface area (Å²) in [6.45, 7) is 4.88. The topological polar surface area (TPSA) is 65.5 Å². The number of aliphatic hydroxyl groups is 1. The Kier molecular flexibility index (Phi) is 6.39. The Hall–Kier alpha value is -1.62. The van der Waals surface area contributed by atoms with Gasteiger partial charge >= 0.3 is 6.03 Å². The molecular formula is C18H29N3O2. The van der Waals surface area contributed by atoms with E-state index in [0.29, 0.717) is 12.5 Å². The zero-order chi connectivity index (χ0) is 16.8. The molecule has 0 aromatic carbocycles. The van der Waals surface area contributed by atoms with Crippen LogP contribution in [-0.2, 0) is 0 Å².